The van der Waals surface area contributed by atoms with Crippen molar-refractivity contribution in [2.45, 2.75) is 0 Å². The topological polar surface area (TPSA) is 53.5 Å². The molecule has 2 N–H and O–H groups in total. The number of urea groups is 1. The Labute approximate surface area is 87.7 Å². The standard InChI is InChI=1S/C11H11N3O/c15-11-12-8-10(13-14-11)7-6-9-4-2-1-3-5-9/h1-7H,8H2,(H2,12,14,15). The summed E-state index contributed by atoms with van der Waals surface area (Å²) in [5.41, 5.74) is 4.27. The minimum atomic E-state index is -0.258. The summed E-state index contributed by atoms with van der Waals surface area (Å²) < 4.78 is 0. The fourth-order valence-corrected chi connectivity index (χ4v) is 1.23. The first-order valence-electron chi connectivity index (χ1n) is 4.68. The summed E-state index contributed by atoms with van der Waals surface area (Å²) in [7, 11) is 0. The minimum absolute atomic E-state index is 0.258. The average molecular weight is 201 g/mol. The molecule has 2 amide bonds. The Morgan fingerprint density at radius 1 is 1.20 bits per heavy atom. The molecular weight excluding hydrogens is 190 g/mol. The summed E-state index contributed by atoms with van der Waals surface area (Å²) in [5, 5.41) is 6.53. The molecule has 4 nitrogen and oxygen atoms in total. The van der Waals surface area contributed by atoms with E-state index in [1.807, 2.05) is 42.5 Å². The van der Waals surface area contributed by atoms with E-state index in [0.717, 1.165) is 11.3 Å². The van der Waals surface area contributed by atoms with Crippen LogP contribution in [0.15, 0.2) is 41.5 Å². The summed E-state index contributed by atoms with van der Waals surface area (Å²) >= 11 is 0. The van der Waals surface area contributed by atoms with Gasteiger partial charge in [0.05, 0.1) is 12.3 Å². The Hall–Kier alpha value is -2.10. The van der Waals surface area contributed by atoms with Crippen LogP contribution < -0.4 is 10.7 Å². The number of hydrogen-bond donors (Lipinski definition) is 2. The predicted molar refractivity (Wildman–Crippen MR) is 59.4 cm³/mol. The van der Waals surface area contributed by atoms with Crippen LogP contribution in [0.4, 0.5) is 4.79 Å². The zero-order chi connectivity index (χ0) is 10.5. The summed E-state index contributed by atoms with van der Waals surface area (Å²) in [6, 6.07) is 9.67. The van der Waals surface area contributed by atoms with E-state index in [4.69, 9.17) is 0 Å². The van der Waals surface area contributed by atoms with Gasteiger partial charge in [-0.15, -0.1) is 0 Å². The van der Waals surface area contributed by atoms with Gasteiger partial charge in [-0.2, -0.15) is 5.10 Å². The zero-order valence-electron chi connectivity index (χ0n) is 8.10. The first-order valence-corrected chi connectivity index (χ1v) is 4.68. The van der Waals surface area contributed by atoms with Crippen LogP contribution in [-0.4, -0.2) is 18.3 Å². The van der Waals surface area contributed by atoms with Crippen LogP contribution in [0.3, 0.4) is 0 Å². The SMILES string of the molecule is O=C1NCC(C=Cc2ccccc2)=NN1. The van der Waals surface area contributed by atoms with Crippen LogP contribution >= 0.6 is 0 Å². The predicted octanol–water partition coefficient (Wildman–Crippen LogP) is 1.37. The molecule has 0 radical (unpaired) electrons. The van der Waals surface area contributed by atoms with E-state index in [9.17, 15) is 4.79 Å². The van der Waals surface area contributed by atoms with E-state index in [1.54, 1.807) is 0 Å². The van der Waals surface area contributed by atoms with Crippen molar-refractivity contribution in [2.75, 3.05) is 6.54 Å². The first-order chi connectivity index (χ1) is 7.34. The van der Waals surface area contributed by atoms with Gasteiger partial charge in [0, 0.05) is 0 Å². The maximum Gasteiger partial charge on any atom is 0.335 e. The van der Waals surface area contributed by atoms with Crippen LogP contribution in [0, 0.1) is 0 Å². The second-order valence-corrected chi connectivity index (χ2v) is 3.14. The molecule has 0 fully saturated rings. The lowest BCUT2D eigenvalue weighted by Crippen LogP contribution is -2.41. The second kappa shape index (κ2) is 4.41. The molecule has 15 heavy (non-hydrogen) atoms. The van der Waals surface area contributed by atoms with Gasteiger partial charge in [-0.25, -0.2) is 10.2 Å². The van der Waals surface area contributed by atoms with Crippen molar-refractivity contribution >= 4 is 17.8 Å². The van der Waals surface area contributed by atoms with Gasteiger partial charge < -0.3 is 5.32 Å². The van der Waals surface area contributed by atoms with Crippen molar-refractivity contribution in [3.63, 3.8) is 0 Å². The number of carbonyl (C=O) groups excluding carboxylic acids is 1. The average Bonchev–Trinajstić information content (AvgIpc) is 2.30. The summed E-state index contributed by atoms with van der Waals surface area (Å²) in [6.45, 7) is 0.467. The van der Waals surface area contributed by atoms with Gasteiger partial charge in [-0.1, -0.05) is 36.4 Å². The van der Waals surface area contributed by atoms with Gasteiger partial charge >= 0.3 is 6.03 Å². The van der Waals surface area contributed by atoms with Crippen LogP contribution in [0.25, 0.3) is 6.08 Å². The largest absolute Gasteiger partial charge is 0.335 e. The third kappa shape index (κ3) is 2.67. The normalized spacial score (nSPS) is 15.7. The van der Waals surface area contributed by atoms with Crippen molar-refractivity contribution < 1.29 is 4.79 Å². The van der Waals surface area contributed by atoms with Crippen LogP contribution in [0.2, 0.25) is 0 Å². The van der Waals surface area contributed by atoms with Crippen molar-refractivity contribution in [2.24, 2.45) is 5.10 Å². The number of nitrogens with one attached hydrogen (secondary N) is 2. The Kier molecular flexibility index (Phi) is 2.78. The van der Waals surface area contributed by atoms with E-state index in [2.05, 4.69) is 15.8 Å². The zero-order valence-corrected chi connectivity index (χ0v) is 8.10. The summed E-state index contributed by atoms with van der Waals surface area (Å²) in [4.78, 5) is 10.7. The monoisotopic (exact) mass is 201 g/mol. The molecule has 1 heterocycles. The highest BCUT2D eigenvalue weighted by Gasteiger charge is 2.06. The number of hydrogen-bond acceptors (Lipinski definition) is 2. The molecule has 0 bridgehead atoms. The smallest absolute Gasteiger partial charge is 0.331 e. The molecule has 0 aromatic heterocycles. The van der Waals surface area contributed by atoms with Gasteiger partial charge in [0.15, 0.2) is 0 Å². The van der Waals surface area contributed by atoms with E-state index < -0.39 is 0 Å². The summed E-state index contributed by atoms with van der Waals surface area (Å²) in [5.74, 6) is 0. The van der Waals surface area contributed by atoms with Crippen LogP contribution in [0.1, 0.15) is 5.56 Å². The molecule has 1 aromatic carbocycles. The lowest BCUT2D eigenvalue weighted by atomic mass is 10.2. The summed E-state index contributed by atoms with van der Waals surface area (Å²) in [6.07, 6.45) is 3.83. The second-order valence-electron chi connectivity index (χ2n) is 3.14. The quantitative estimate of drug-likeness (QED) is 0.746. The number of hydrazone groups is 1. The van der Waals surface area contributed by atoms with Crippen molar-refractivity contribution in [1.82, 2.24) is 10.7 Å². The van der Waals surface area contributed by atoms with E-state index >= 15 is 0 Å². The number of benzene rings is 1. The fourth-order valence-electron chi connectivity index (χ4n) is 1.23. The van der Waals surface area contributed by atoms with Gasteiger partial charge in [0.25, 0.3) is 0 Å². The highest BCUT2D eigenvalue weighted by atomic mass is 16.2. The molecule has 76 valence electrons. The van der Waals surface area contributed by atoms with Gasteiger partial charge in [0.2, 0.25) is 0 Å². The molecule has 0 saturated carbocycles. The Morgan fingerprint density at radius 3 is 2.67 bits per heavy atom. The first kappa shape index (κ1) is 9.45. The lowest BCUT2D eigenvalue weighted by Gasteiger charge is -2.10. The molecule has 0 atom stereocenters. The van der Waals surface area contributed by atoms with Crippen LogP contribution in [-0.2, 0) is 0 Å². The molecule has 1 aliphatic rings. The van der Waals surface area contributed by atoms with Gasteiger partial charge in [-0.05, 0) is 11.6 Å². The lowest BCUT2D eigenvalue weighted by molar-refractivity contribution is 0.241. The number of nitrogens with zero attached hydrogens (tertiary/aromatic N) is 1. The molecule has 0 spiro atoms. The third-order valence-corrected chi connectivity index (χ3v) is 2.00. The molecule has 1 aliphatic heterocycles. The Bertz CT molecular complexity index is 409. The number of carbonyl (C=O) groups is 1. The van der Waals surface area contributed by atoms with E-state index in [0.29, 0.717) is 6.54 Å². The van der Waals surface area contributed by atoms with Crippen molar-refractivity contribution in [3.8, 4) is 0 Å². The minimum Gasteiger partial charge on any atom is -0.331 e. The molecule has 0 unspecified atom stereocenters. The molecule has 0 saturated heterocycles. The molecular formula is C11H11N3O. The van der Waals surface area contributed by atoms with E-state index in [-0.39, 0.29) is 6.03 Å². The van der Waals surface area contributed by atoms with Gasteiger partial charge in [0.1, 0.15) is 0 Å². The Balaban J connectivity index is 2.03. The molecule has 2 rings (SSSR count). The maximum atomic E-state index is 10.7. The van der Waals surface area contributed by atoms with Crippen LogP contribution in [0.5, 0.6) is 0 Å². The molecule has 0 aliphatic carbocycles. The van der Waals surface area contributed by atoms with Crippen molar-refractivity contribution in [3.05, 3.63) is 42.0 Å². The van der Waals surface area contributed by atoms with E-state index in [1.165, 1.54) is 0 Å². The van der Waals surface area contributed by atoms with Crippen molar-refractivity contribution in [1.29, 1.82) is 0 Å². The number of amides is 2. The van der Waals surface area contributed by atoms with Gasteiger partial charge in [-0.3, -0.25) is 0 Å². The molecule has 1 aromatic rings. The Morgan fingerprint density at radius 2 is 2.00 bits per heavy atom. The third-order valence-electron chi connectivity index (χ3n) is 2.00. The number of rotatable bonds is 2. The highest BCUT2D eigenvalue weighted by molar-refractivity contribution is 6.03. The maximum absolute atomic E-state index is 10.7. The molecule has 4 heteroatoms. The fraction of sp³-hybridized carbons (Fsp3) is 0.0909. The highest BCUT2D eigenvalue weighted by Crippen LogP contribution is 2.01.